The zero-order valence-corrected chi connectivity index (χ0v) is 21.7. The number of benzene rings is 4. The van der Waals surface area contributed by atoms with Crippen molar-refractivity contribution in [3.05, 3.63) is 143 Å². The van der Waals surface area contributed by atoms with Crippen LogP contribution in [0, 0.1) is 0 Å². The third-order valence-electron chi connectivity index (χ3n) is 5.67. The monoisotopic (exact) mass is 510 g/mol. The second-order valence-corrected chi connectivity index (χ2v) is 9.50. The van der Waals surface area contributed by atoms with E-state index < -0.39 is 0 Å². The molecule has 0 aliphatic rings. The Balaban J connectivity index is 1.56. The quantitative estimate of drug-likeness (QED) is 0.167. The second-order valence-electron chi connectivity index (χ2n) is 7.86. The first-order chi connectivity index (χ1) is 16.6. The maximum Gasteiger partial charge on any atom is 0.0638 e. The first-order valence-corrected chi connectivity index (χ1v) is 12.6. The van der Waals surface area contributed by atoms with Crippen LogP contribution >= 0.6 is 48.9 Å². The van der Waals surface area contributed by atoms with Crippen LogP contribution in [0.1, 0.15) is 33.4 Å². The Hall–Kier alpha value is -2.76. The Morgan fingerprint density at radius 2 is 0.706 bits per heavy atom. The van der Waals surface area contributed by atoms with Gasteiger partial charge in [-0.1, -0.05) is 158 Å². The van der Waals surface area contributed by atoms with Crippen molar-refractivity contribution in [2.75, 3.05) is 0 Å². The molecule has 0 saturated carbocycles. The lowest BCUT2D eigenvalue weighted by molar-refractivity contribution is 0.956. The molecule has 0 bridgehead atoms. The third-order valence-corrected chi connectivity index (χ3v) is 7.66. The van der Waals surface area contributed by atoms with E-state index in [0.29, 0.717) is 19.5 Å². The standard InChI is InChI=1S/C30H22S4/c31-27(23-13-3-1-4-14-23)29(33)25-17-9-7-11-21(25)19-20-22-12-8-10-18-26(22)30(34)28(32)24-15-5-2-6-16-24/h1-18H,19-20H2. The number of aryl methyl sites for hydroxylation is 2. The molecule has 0 atom stereocenters. The second kappa shape index (κ2) is 11.6. The molecular formula is C30H22S4. The van der Waals surface area contributed by atoms with Gasteiger partial charge in [0.1, 0.15) is 0 Å². The van der Waals surface area contributed by atoms with Crippen molar-refractivity contribution in [1.82, 2.24) is 0 Å². The molecule has 0 saturated heterocycles. The molecule has 0 nitrogen and oxygen atoms in total. The van der Waals surface area contributed by atoms with E-state index >= 15 is 0 Å². The van der Waals surface area contributed by atoms with E-state index in [1.54, 1.807) is 0 Å². The van der Waals surface area contributed by atoms with Gasteiger partial charge in [0.05, 0.1) is 19.5 Å². The molecule has 0 N–H and O–H groups in total. The van der Waals surface area contributed by atoms with Crippen molar-refractivity contribution in [1.29, 1.82) is 0 Å². The van der Waals surface area contributed by atoms with Gasteiger partial charge in [0.25, 0.3) is 0 Å². The Kier molecular flexibility index (Phi) is 8.30. The molecule has 34 heavy (non-hydrogen) atoms. The van der Waals surface area contributed by atoms with Crippen LogP contribution in [0.25, 0.3) is 0 Å². The fraction of sp³-hybridized carbons (Fsp3) is 0.0667. The molecule has 4 aromatic rings. The van der Waals surface area contributed by atoms with Crippen molar-refractivity contribution in [3.8, 4) is 0 Å². The van der Waals surface area contributed by atoms with Gasteiger partial charge < -0.3 is 0 Å². The maximum absolute atomic E-state index is 5.82. The first-order valence-electron chi connectivity index (χ1n) is 11.0. The summed E-state index contributed by atoms with van der Waals surface area (Å²) in [6.07, 6.45) is 1.65. The maximum atomic E-state index is 5.82. The molecule has 0 spiro atoms. The number of thiocarbonyl (C=S) groups is 4. The van der Waals surface area contributed by atoms with E-state index in [9.17, 15) is 0 Å². The van der Waals surface area contributed by atoms with Gasteiger partial charge in [-0.25, -0.2) is 0 Å². The fourth-order valence-electron chi connectivity index (χ4n) is 3.87. The summed E-state index contributed by atoms with van der Waals surface area (Å²) in [5.41, 5.74) is 6.34. The van der Waals surface area contributed by atoms with Gasteiger partial charge in [0.2, 0.25) is 0 Å². The van der Waals surface area contributed by atoms with Gasteiger partial charge in [-0.15, -0.1) is 0 Å². The van der Waals surface area contributed by atoms with Crippen molar-refractivity contribution in [2.45, 2.75) is 12.8 Å². The third kappa shape index (κ3) is 5.65. The smallest absolute Gasteiger partial charge is 0.0638 e. The summed E-state index contributed by atoms with van der Waals surface area (Å²) in [6, 6.07) is 36.4. The largest absolute Gasteiger partial charge is 0.0778 e. The van der Waals surface area contributed by atoms with E-state index in [1.165, 1.54) is 11.1 Å². The van der Waals surface area contributed by atoms with Gasteiger partial charge in [-0.05, 0) is 46.2 Å². The molecule has 0 fully saturated rings. The molecule has 0 aliphatic carbocycles. The lowest BCUT2D eigenvalue weighted by Crippen LogP contribution is -2.16. The summed E-state index contributed by atoms with van der Waals surface area (Å²) in [5.74, 6) is 0. The van der Waals surface area contributed by atoms with Crippen LogP contribution < -0.4 is 0 Å². The molecule has 0 amide bonds. The average molecular weight is 511 g/mol. The summed E-state index contributed by atoms with van der Waals surface area (Å²) in [7, 11) is 0. The minimum Gasteiger partial charge on any atom is -0.0778 e. The molecule has 4 heteroatoms. The van der Waals surface area contributed by atoms with Crippen LogP contribution in [0.5, 0.6) is 0 Å². The molecule has 0 heterocycles. The van der Waals surface area contributed by atoms with Crippen LogP contribution in [0.15, 0.2) is 109 Å². The van der Waals surface area contributed by atoms with Crippen molar-refractivity contribution in [2.24, 2.45) is 0 Å². The highest BCUT2D eigenvalue weighted by Gasteiger charge is 2.16. The summed E-state index contributed by atoms with van der Waals surface area (Å²) < 4.78 is 0. The van der Waals surface area contributed by atoms with Gasteiger partial charge in [0, 0.05) is 0 Å². The highest BCUT2D eigenvalue weighted by atomic mass is 32.1. The van der Waals surface area contributed by atoms with E-state index in [2.05, 4.69) is 24.3 Å². The van der Waals surface area contributed by atoms with Gasteiger partial charge in [-0.3, -0.25) is 0 Å². The van der Waals surface area contributed by atoms with E-state index in [0.717, 1.165) is 35.1 Å². The predicted molar refractivity (Wildman–Crippen MR) is 160 cm³/mol. The van der Waals surface area contributed by atoms with Gasteiger partial charge >= 0.3 is 0 Å². The molecular weight excluding hydrogens is 489 g/mol. The molecule has 4 rings (SSSR count). The van der Waals surface area contributed by atoms with Crippen LogP contribution in [0.4, 0.5) is 0 Å². The minimum absolute atomic E-state index is 0.706. The topological polar surface area (TPSA) is 0 Å². The van der Waals surface area contributed by atoms with Gasteiger partial charge in [-0.2, -0.15) is 0 Å². The lowest BCUT2D eigenvalue weighted by Gasteiger charge is -2.14. The first kappa shape index (κ1) is 24.4. The summed E-state index contributed by atoms with van der Waals surface area (Å²) in [4.78, 5) is 2.84. The normalized spacial score (nSPS) is 10.5. The van der Waals surface area contributed by atoms with Crippen molar-refractivity contribution < 1.29 is 0 Å². The molecule has 0 aromatic heterocycles. The van der Waals surface area contributed by atoms with Crippen LogP contribution in [0.3, 0.4) is 0 Å². The zero-order valence-electron chi connectivity index (χ0n) is 18.4. The minimum atomic E-state index is 0.706. The van der Waals surface area contributed by atoms with Crippen LogP contribution in [0.2, 0.25) is 0 Å². The highest BCUT2D eigenvalue weighted by molar-refractivity contribution is 7.90. The fourth-order valence-corrected chi connectivity index (χ4v) is 5.00. The van der Waals surface area contributed by atoms with E-state index in [-0.39, 0.29) is 0 Å². The van der Waals surface area contributed by atoms with Crippen LogP contribution in [-0.4, -0.2) is 19.5 Å². The number of rotatable bonds is 9. The molecule has 0 aliphatic heterocycles. The van der Waals surface area contributed by atoms with Crippen molar-refractivity contribution >= 4 is 68.3 Å². The zero-order chi connectivity index (χ0) is 23.9. The summed E-state index contributed by atoms with van der Waals surface area (Å²) in [5, 5.41) is 0. The lowest BCUT2D eigenvalue weighted by atomic mass is 9.92. The molecule has 166 valence electrons. The molecule has 0 radical (unpaired) electrons. The van der Waals surface area contributed by atoms with Gasteiger partial charge in [0.15, 0.2) is 0 Å². The number of hydrogen-bond acceptors (Lipinski definition) is 4. The molecule has 0 unspecified atom stereocenters. The Morgan fingerprint density at radius 1 is 0.382 bits per heavy atom. The molecule has 4 aromatic carbocycles. The SMILES string of the molecule is S=C(C(=S)c1ccccc1CCc1ccccc1C(=S)C(=S)c1ccccc1)c1ccccc1. The summed E-state index contributed by atoms with van der Waals surface area (Å²) in [6.45, 7) is 0. The highest BCUT2D eigenvalue weighted by Crippen LogP contribution is 2.20. The Bertz CT molecular complexity index is 1250. The predicted octanol–water partition coefficient (Wildman–Crippen LogP) is 7.74. The Labute approximate surface area is 222 Å². The average Bonchev–Trinajstić information content (AvgIpc) is 2.91. The van der Waals surface area contributed by atoms with Crippen LogP contribution in [-0.2, 0) is 12.8 Å². The van der Waals surface area contributed by atoms with Crippen molar-refractivity contribution in [3.63, 3.8) is 0 Å². The number of hydrogen-bond donors (Lipinski definition) is 0. The van der Waals surface area contributed by atoms with E-state index in [4.69, 9.17) is 48.9 Å². The van der Waals surface area contributed by atoms with E-state index in [1.807, 2.05) is 84.9 Å². The Morgan fingerprint density at radius 3 is 1.09 bits per heavy atom. The summed E-state index contributed by atoms with van der Waals surface area (Å²) >= 11 is 23.1.